The Hall–Kier alpha value is -0.780. The second kappa shape index (κ2) is 7.86. The van der Waals surface area contributed by atoms with Gasteiger partial charge in [-0.15, -0.1) is 24.0 Å². The van der Waals surface area contributed by atoms with E-state index in [2.05, 4.69) is 67.0 Å². The number of halogens is 1. The van der Waals surface area contributed by atoms with E-state index in [-0.39, 0.29) is 24.0 Å². The van der Waals surface area contributed by atoms with Crippen molar-refractivity contribution in [2.45, 2.75) is 26.2 Å². The number of hydrogen-bond donors (Lipinski definition) is 0. The topological polar surface area (TPSA) is 18.8 Å². The Morgan fingerprint density at radius 1 is 1.35 bits per heavy atom. The molecule has 1 aliphatic rings. The Labute approximate surface area is 140 Å². The van der Waals surface area contributed by atoms with Crippen molar-refractivity contribution in [3.8, 4) is 0 Å². The fraction of sp³-hybridized carbons (Fsp3) is 0.562. The predicted molar refractivity (Wildman–Crippen MR) is 97.2 cm³/mol. The minimum Gasteiger partial charge on any atom is -0.349 e. The van der Waals surface area contributed by atoms with Crippen LogP contribution in [0.3, 0.4) is 0 Å². The molecule has 2 rings (SSSR count). The summed E-state index contributed by atoms with van der Waals surface area (Å²) in [5, 5.41) is 0. The zero-order valence-corrected chi connectivity index (χ0v) is 15.3. The molecule has 1 atom stereocenters. The van der Waals surface area contributed by atoms with Crippen LogP contribution in [0, 0.1) is 6.92 Å². The molecule has 0 aliphatic carbocycles. The van der Waals surface area contributed by atoms with Gasteiger partial charge in [-0.3, -0.25) is 4.99 Å². The molecule has 20 heavy (non-hydrogen) atoms. The van der Waals surface area contributed by atoms with Gasteiger partial charge in [0.15, 0.2) is 5.96 Å². The van der Waals surface area contributed by atoms with Crippen LogP contribution in [-0.2, 0) is 0 Å². The van der Waals surface area contributed by atoms with Gasteiger partial charge < -0.3 is 9.80 Å². The molecule has 0 spiro atoms. The molecule has 1 heterocycles. The zero-order valence-electron chi connectivity index (χ0n) is 13.0. The molecule has 0 radical (unpaired) electrons. The highest BCUT2D eigenvalue weighted by Gasteiger charge is 2.27. The lowest BCUT2D eigenvalue weighted by atomic mass is 9.94. The third-order valence-electron chi connectivity index (χ3n) is 3.80. The highest BCUT2D eigenvalue weighted by atomic mass is 127. The molecule has 0 aromatic heterocycles. The number of likely N-dealkylation sites (tertiary alicyclic amines) is 1. The van der Waals surface area contributed by atoms with Crippen LogP contribution in [0.4, 0.5) is 0 Å². The van der Waals surface area contributed by atoms with Gasteiger partial charge in [0.05, 0.1) is 0 Å². The summed E-state index contributed by atoms with van der Waals surface area (Å²) in [6.45, 7) is 7.35. The highest BCUT2D eigenvalue weighted by molar-refractivity contribution is 14.0. The predicted octanol–water partition coefficient (Wildman–Crippen LogP) is 3.34. The van der Waals surface area contributed by atoms with E-state index in [0.29, 0.717) is 5.92 Å². The van der Waals surface area contributed by atoms with Crippen molar-refractivity contribution in [3.05, 3.63) is 35.4 Å². The molecule has 112 valence electrons. The van der Waals surface area contributed by atoms with E-state index >= 15 is 0 Å². The van der Waals surface area contributed by atoms with E-state index in [9.17, 15) is 0 Å². The summed E-state index contributed by atoms with van der Waals surface area (Å²) in [6, 6.07) is 8.76. The molecular formula is C16H26IN3. The molecule has 0 amide bonds. The SMILES string of the molecule is CCN=C(N(C)C)N1CCC(c2ccccc2C)C1.I. The van der Waals surface area contributed by atoms with Gasteiger partial charge >= 0.3 is 0 Å². The molecule has 1 aromatic rings. The molecule has 0 bridgehead atoms. The Kier molecular flexibility index (Phi) is 6.79. The number of aliphatic imine (C=N–C) groups is 1. The largest absolute Gasteiger partial charge is 0.349 e. The van der Waals surface area contributed by atoms with Crippen LogP contribution in [-0.4, -0.2) is 49.5 Å². The third kappa shape index (κ3) is 3.87. The number of guanidine groups is 1. The van der Waals surface area contributed by atoms with Gasteiger partial charge in [-0.25, -0.2) is 0 Å². The van der Waals surface area contributed by atoms with Gasteiger partial charge in [0.2, 0.25) is 0 Å². The molecule has 1 unspecified atom stereocenters. The van der Waals surface area contributed by atoms with Crippen LogP contribution in [0.1, 0.15) is 30.4 Å². The number of aryl methyl sites for hydroxylation is 1. The van der Waals surface area contributed by atoms with Gasteiger partial charge in [-0.2, -0.15) is 0 Å². The highest BCUT2D eigenvalue weighted by Crippen LogP contribution is 2.29. The minimum absolute atomic E-state index is 0. The first-order valence-corrected chi connectivity index (χ1v) is 7.15. The summed E-state index contributed by atoms with van der Waals surface area (Å²) >= 11 is 0. The molecule has 1 aromatic carbocycles. The van der Waals surface area contributed by atoms with E-state index in [1.165, 1.54) is 17.5 Å². The lowest BCUT2D eigenvalue weighted by molar-refractivity contribution is 0.423. The lowest BCUT2D eigenvalue weighted by Crippen LogP contribution is -2.39. The molecular weight excluding hydrogens is 361 g/mol. The maximum atomic E-state index is 4.62. The molecule has 1 fully saturated rings. The Bertz CT molecular complexity index is 457. The van der Waals surface area contributed by atoms with Crippen LogP contribution < -0.4 is 0 Å². The van der Waals surface area contributed by atoms with Crippen molar-refractivity contribution >= 4 is 29.9 Å². The van der Waals surface area contributed by atoms with Crippen LogP contribution in [0.2, 0.25) is 0 Å². The first-order chi connectivity index (χ1) is 9.13. The number of hydrogen-bond acceptors (Lipinski definition) is 1. The zero-order chi connectivity index (χ0) is 13.8. The number of nitrogens with zero attached hydrogens (tertiary/aromatic N) is 3. The van der Waals surface area contributed by atoms with Gasteiger partial charge in [-0.05, 0) is 31.4 Å². The Morgan fingerprint density at radius 2 is 2.05 bits per heavy atom. The normalized spacial score (nSPS) is 18.9. The Balaban J connectivity index is 0.00000200. The van der Waals surface area contributed by atoms with Gasteiger partial charge in [0, 0.05) is 39.6 Å². The van der Waals surface area contributed by atoms with E-state index in [0.717, 1.165) is 25.6 Å². The fourth-order valence-electron chi connectivity index (χ4n) is 2.91. The summed E-state index contributed by atoms with van der Waals surface area (Å²) in [7, 11) is 4.16. The molecule has 0 N–H and O–H groups in total. The number of benzene rings is 1. The van der Waals surface area contributed by atoms with Crippen LogP contribution in [0.15, 0.2) is 29.3 Å². The second-order valence-electron chi connectivity index (χ2n) is 5.46. The molecule has 0 saturated carbocycles. The number of rotatable bonds is 2. The van der Waals surface area contributed by atoms with Crippen molar-refractivity contribution in [2.75, 3.05) is 33.7 Å². The summed E-state index contributed by atoms with van der Waals surface area (Å²) in [6.07, 6.45) is 1.22. The summed E-state index contributed by atoms with van der Waals surface area (Å²) in [4.78, 5) is 9.17. The van der Waals surface area contributed by atoms with Gasteiger partial charge in [-0.1, -0.05) is 24.3 Å². The van der Waals surface area contributed by atoms with Crippen LogP contribution in [0.5, 0.6) is 0 Å². The summed E-state index contributed by atoms with van der Waals surface area (Å²) < 4.78 is 0. The second-order valence-corrected chi connectivity index (χ2v) is 5.46. The average molecular weight is 387 g/mol. The van der Waals surface area contributed by atoms with E-state index in [4.69, 9.17) is 0 Å². The third-order valence-corrected chi connectivity index (χ3v) is 3.80. The molecule has 1 saturated heterocycles. The van der Waals surface area contributed by atoms with E-state index in [1.807, 2.05) is 0 Å². The summed E-state index contributed by atoms with van der Waals surface area (Å²) in [5.74, 6) is 1.77. The standard InChI is InChI=1S/C16H25N3.HI/c1-5-17-16(18(3)4)19-11-10-14(12-19)15-9-7-6-8-13(15)2;/h6-9,14H,5,10-12H2,1-4H3;1H. The van der Waals surface area contributed by atoms with Gasteiger partial charge in [0.1, 0.15) is 0 Å². The smallest absolute Gasteiger partial charge is 0.196 e. The van der Waals surface area contributed by atoms with Crippen LogP contribution in [0.25, 0.3) is 0 Å². The van der Waals surface area contributed by atoms with Gasteiger partial charge in [0.25, 0.3) is 0 Å². The van der Waals surface area contributed by atoms with Crippen molar-refractivity contribution in [3.63, 3.8) is 0 Å². The fourth-order valence-corrected chi connectivity index (χ4v) is 2.91. The molecule has 4 heteroatoms. The maximum absolute atomic E-state index is 4.62. The van der Waals surface area contributed by atoms with Crippen molar-refractivity contribution in [1.29, 1.82) is 0 Å². The lowest BCUT2D eigenvalue weighted by Gasteiger charge is -2.26. The Morgan fingerprint density at radius 3 is 2.65 bits per heavy atom. The maximum Gasteiger partial charge on any atom is 0.196 e. The van der Waals surface area contributed by atoms with Crippen molar-refractivity contribution < 1.29 is 0 Å². The molecule has 1 aliphatic heterocycles. The van der Waals surface area contributed by atoms with E-state index < -0.39 is 0 Å². The first kappa shape index (κ1) is 17.3. The quantitative estimate of drug-likeness (QED) is 0.441. The molecule has 3 nitrogen and oxygen atoms in total. The first-order valence-electron chi connectivity index (χ1n) is 7.15. The summed E-state index contributed by atoms with van der Waals surface area (Å²) in [5.41, 5.74) is 2.91. The van der Waals surface area contributed by atoms with Crippen molar-refractivity contribution in [2.24, 2.45) is 4.99 Å². The van der Waals surface area contributed by atoms with E-state index in [1.54, 1.807) is 0 Å². The monoisotopic (exact) mass is 387 g/mol. The van der Waals surface area contributed by atoms with Crippen molar-refractivity contribution in [1.82, 2.24) is 9.80 Å². The minimum atomic E-state index is 0. The average Bonchev–Trinajstić information content (AvgIpc) is 2.85. The van der Waals surface area contributed by atoms with Crippen LogP contribution >= 0.6 is 24.0 Å².